The van der Waals surface area contributed by atoms with Gasteiger partial charge in [-0.1, -0.05) is 43.3 Å². The standard InChI is InChI=1S/C19H19NO/c1-2-13-7-5-9-16(14-10-11-14)18(13)20-12-15-6-3-4-8-17(15)19(20)21/h3-9,14H,2,10-12H2,1H3. The third kappa shape index (κ3) is 1.98. The highest BCUT2D eigenvalue weighted by molar-refractivity contribution is 6.10. The van der Waals surface area contributed by atoms with Gasteiger partial charge in [-0.2, -0.15) is 0 Å². The van der Waals surface area contributed by atoms with Gasteiger partial charge in [0.1, 0.15) is 0 Å². The van der Waals surface area contributed by atoms with Crippen molar-refractivity contribution in [1.29, 1.82) is 0 Å². The minimum atomic E-state index is 0.161. The molecule has 1 fully saturated rings. The molecule has 2 aromatic carbocycles. The highest BCUT2D eigenvalue weighted by atomic mass is 16.2. The second kappa shape index (κ2) is 4.73. The van der Waals surface area contributed by atoms with Crippen LogP contribution in [-0.2, 0) is 13.0 Å². The normalized spacial score (nSPS) is 17.2. The summed E-state index contributed by atoms with van der Waals surface area (Å²) in [7, 11) is 0. The highest BCUT2D eigenvalue weighted by Crippen LogP contribution is 2.47. The Morgan fingerprint density at radius 2 is 1.90 bits per heavy atom. The van der Waals surface area contributed by atoms with Crippen LogP contribution in [0, 0.1) is 0 Å². The number of aryl methyl sites for hydroxylation is 1. The first-order valence-corrected chi connectivity index (χ1v) is 7.81. The number of para-hydroxylation sites is 1. The van der Waals surface area contributed by atoms with Crippen molar-refractivity contribution in [3.8, 4) is 0 Å². The van der Waals surface area contributed by atoms with Crippen LogP contribution < -0.4 is 4.90 Å². The van der Waals surface area contributed by atoms with Gasteiger partial charge in [0.05, 0.1) is 12.2 Å². The molecule has 2 aliphatic rings. The van der Waals surface area contributed by atoms with E-state index in [0.29, 0.717) is 12.5 Å². The highest BCUT2D eigenvalue weighted by Gasteiger charge is 2.34. The third-order valence-corrected chi connectivity index (χ3v) is 4.64. The van der Waals surface area contributed by atoms with Gasteiger partial charge >= 0.3 is 0 Å². The van der Waals surface area contributed by atoms with Gasteiger partial charge in [-0.15, -0.1) is 0 Å². The molecular weight excluding hydrogens is 258 g/mol. The molecule has 0 atom stereocenters. The number of carbonyl (C=O) groups is 1. The van der Waals surface area contributed by atoms with Crippen LogP contribution in [0.25, 0.3) is 0 Å². The molecule has 1 aliphatic carbocycles. The zero-order valence-electron chi connectivity index (χ0n) is 12.3. The summed E-state index contributed by atoms with van der Waals surface area (Å²) in [5, 5.41) is 0. The van der Waals surface area contributed by atoms with E-state index in [1.807, 2.05) is 23.1 Å². The van der Waals surface area contributed by atoms with Crippen LogP contribution in [-0.4, -0.2) is 5.91 Å². The Kier molecular flexibility index (Phi) is 2.85. The van der Waals surface area contributed by atoms with Crippen LogP contribution in [0.4, 0.5) is 5.69 Å². The number of anilines is 1. The molecule has 21 heavy (non-hydrogen) atoms. The van der Waals surface area contributed by atoms with Crippen molar-refractivity contribution in [2.24, 2.45) is 0 Å². The molecular formula is C19H19NO. The molecule has 4 rings (SSSR count). The molecule has 0 radical (unpaired) electrons. The molecule has 2 aromatic rings. The SMILES string of the molecule is CCc1cccc(C2CC2)c1N1Cc2ccccc2C1=O. The van der Waals surface area contributed by atoms with E-state index in [2.05, 4.69) is 31.2 Å². The molecule has 0 N–H and O–H groups in total. The molecule has 106 valence electrons. The lowest BCUT2D eigenvalue weighted by Gasteiger charge is -2.23. The van der Waals surface area contributed by atoms with E-state index in [-0.39, 0.29) is 5.91 Å². The number of benzene rings is 2. The second-order valence-electron chi connectivity index (χ2n) is 6.03. The maximum Gasteiger partial charge on any atom is 0.258 e. The number of rotatable bonds is 3. The third-order valence-electron chi connectivity index (χ3n) is 4.64. The minimum absolute atomic E-state index is 0.161. The zero-order chi connectivity index (χ0) is 14.4. The van der Waals surface area contributed by atoms with Crippen molar-refractivity contribution in [3.05, 3.63) is 64.7 Å². The van der Waals surface area contributed by atoms with Crippen LogP contribution in [0.1, 0.15) is 52.7 Å². The largest absolute Gasteiger partial charge is 0.303 e. The Bertz CT molecular complexity index is 715. The van der Waals surface area contributed by atoms with Crippen molar-refractivity contribution in [2.75, 3.05) is 4.90 Å². The summed E-state index contributed by atoms with van der Waals surface area (Å²) in [5.74, 6) is 0.816. The van der Waals surface area contributed by atoms with E-state index in [1.54, 1.807) is 0 Å². The van der Waals surface area contributed by atoms with Gasteiger partial charge in [0.25, 0.3) is 5.91 Å². The van der Waals surface area contributed by atoms with Crippen LogP contribution in [0.15, 0.2) is 42.5 Å². The molecule has 0 saturated heterocycles. The van der Waals surface area contributed by atoms with Crippen LogP contribution in [0.2, 0.25) is 0 Å². The molecule has 1 heterocycles. The van der Waals surface area contributed by atoms with Crippen molar-refractivity contribution in [1.82, 2.24) is 0 Å². The number of hydrogen-bond donors (Lipinski definition) is 0. The van der Waals surface area contributed by atoms with E-state index < -0.39 is 0 Å². The van der Waals surface area contributed by atoms with E-state index in [9.17, 15) is 4.79 Å². The Labute approximate surface area is 125 Å². The van der Waals surface area contributed by atoms with Crippen molar-refractivity contribution in [3.63, 3.8) is 0 Å². The average Bonchev–Trinajstić information content (AvgIpc) is 3.32. The summed E-state index contributed by atoms with van der Waals surface area (Å²) >= 11 is 0. The number of fused-ring (bicyclic) bond motifs is 1. The fraction of sp³-hybridized carbons (Fsp3) is 0.316. The number of hydrogen-bond acceptors (Lipinski definition) is 1. The van der Waals surface area contributed by atoms with Crippen molar-refractivity contribution in [2.45, 2.75) is 38.6 Å². The Morgan fingerprint density at radius 3 is 2.62 bits per heavy atom. The van der Waals surface area contributed by atoms with Crippen LogP contribution >= 0.6 is 0 Å². The molecule has 1 aliphatic heterocycles. The quantitative estimate of drug-likeness (QED) is 0.819. The predicted molar refractivity (Wildman–Crippen MR) is 84.8 cm³/mol. The van der Waals surface area contributed by atoms with Gasteiger partial charge in [-0.05, 0) is 47.9 Å². The first-order valence-electron chi connectivity index (χ1n) is 7.81. The van der Waals surface area contributed by atoms with E-state index in [1.165, 1.54) is 29.7 Å². The van der Waals surface area contributed by atoms with E-state index >= 15 is 0 Å². The van der Waals surface area contributed by atoms with Gasteiger partial charge in [0.2, 0.25) is 0 Å². The van der Waals surface area contributed by atoms with Crippen LogP contribution in [0.3, 0.4) is 0 Å². The van der Waals surface area contributed by atoms with Gasteiger partial charge in [0.15, 0.2) is 0 Å². The monoisotopic (exact) mass is 277 g/mol. The summed E-state index contributed by atoms with van der Waals surface area (Å²) in [5.41, 5.74) is 5.86. The summed E-state index contributed by atoms with van der Waals surface area (Å²) in [6.45, 7) is 2.88. The van der Waals surface area contributed by atoms with Gasteiger partial charge < -0.3 is 4.90 Å². The molecule has 0 spiro atoms. The first-order chi connectivity index (χ1) is 10.3. The summed E-state index contributed by atoms with van der Waals surface area (Å²) in [6, 6.07) is 14.5. The lowest BCUT2D eigenvalue weighted by atomic mass is 10.0. The van der Waals surface area contributed by atoms with E-state index in [4.69, 9.17) is 0 Å². The zero-order valence-corrected chi connectivity index (χ0v) is 12.3. The summed E-state index contributed by atoms with van der Waals surface area (Å²) in [6.07, 6.45) is 3.49. The number of amides is 1. The fourth-order valence-electron chi connectivity index (χ4n) is 3.38. The predicted octanol–water partition coefficient (Wildman–Crippen LogP) is 4.29. The number of nitrogens with zero attached hydrogens (tertiary/aromatic N) is 1. The lowest BCUT2D eigenvalue weighted by molar-refractivity contribution is 0.0996. The van der Waals surface area contributed by atoms with Crippen LogP contribution in [0.5, 0.6) is 0 Å². The molecule has 2 heteroatoms. The summed E-state index contributed by atoms with van der Waals surface area (Å²) < 4.78 is 0. The average molecular weight is 277 g/mol. The van der Waals surface area contributed by atoms with Crippen molar-refractivity contribution < 1.29 is 4.79 Å². The Balaban J connectivity index is 1.83. The van der Waals surface area contributed by atoms with Gasteiger partial charge in [-0.25, -0.2) is 0 Å². The first kappa shape index (κ1) is 12.6. The van der Waals surface area contributed by atoms with Gasteiger partial charge in [0, 0.05) is 5.56 Å². The second-order valence-corrected chi connectivity index (χ2v) is 6.03. The van der Waals surface area contributed by atoms with E-state index in [0.717, 1.165) is 17.5 Å². The number of carbonyl (C=O) groups excluding carboxylic acids is 1. The Hall–Kier alpha value is -2.09. The summed E-state index contributed by atoms with van der Waals surface area (Å²) in [4.78, 5) is 14.8. The fourth-order valence-corrected chi connectivity index (χ4v) is 3.38. The molecule has 0 aromatic heterocycles. The minimum Gasteiger partial charge on any atom is -0.303 e. The molecule has 0 bridgehead atoms. The smallest absolute Gasteiger partial charge is 0.258 e. The lowest BCUT2D eigenvalue weighted by Crippen LogP contribution is -2.25. The molecule has 2 nitrogen and oxygen atoms in total. The molecule has 1 saturated carbocycles. The van der Waals surface area contributed by atoms with Crippen molar-refractivity contribution >= 4 is 11.6 Å². The molecule has 1 amide bonds. The maximum atomic E-state index is 12.8. The van der Waals surface area contributed by atoms with Gasteiger partial charge in [-0.3, -0.25) is 4.79 Å². The maximum absolute atomic E-state index is 12.8. The Morgan fingerprint density at radius 1 is 1.10 bits per heavy atom. The molecule has 0 unspecified atom stereocenters. The topological polar surface area (TPSA) is 20.3 Å².